The van der Waals surface area contributed by atoms with Gasteiger partial charge in [0.1, 0.15) is 12.1 Å². The van der Waals surface area contributed by atoms with Crippen LogP contribution in [-0.4, -0.2) is 39.6 Å². The van der Waals surface area contributed by atoms with Gasteiger partial charge < -0.3 is 15.7 Å². The Morgan fingerprint density at radius 2 is 2.25 bits per heavy atom. The second-order valence-electron chi connectivity index (χ2n) is 5.32. The van der Waals surface area contributed by atoms with Gasteiger partial charge in [-0.05, 0) is 32.6 Å². The Morgan fingerprint density at radius 1 is 1.62 bits per heavy atom. The van der Waals surface area contributed by atoms with Crippen LogP contribution in [0, 0.1) is 17.2 Å². The fraction of sp³-hybridized carbons (Fsp3) is 0.818. The number of piperidine rings is 1. The molecule has 1 saturated carbocycles. The summed E-state index contributed by atoms with van der Waals surface area (Å²) >= 11 is 0. The van der Waals surface area contributed by atoms with Gasteiger partial charge in [-0.15, -0.1) is 0 Å². The highest BCUT2D eigenvalue weighted by Crippen LogP contribution is 2.47. The summed E-state index contributed by atoms with van der Waals surface area (Å²) in [4.78, 5) is 13.7. The van der Waals surface area contributed by atoms with Crippen LogP contribution in [0.25, 0.3) is 0 Å². The van der Waals surface area contributed by atoms with Crippen LogP contribution in [0.15, 0.2) is 0 Å². The summed E-state index contributed by atoms with van der Waals surface area (Å²) in [7, 11) is 0. The molecule has 2 aliphatic rings. The van der Waals surface area contributed by atoms with Gasteiger partial charge in [0.2, 0.25) is 5.91 Å². The molecule has 88 valence electrons. The second kappa shape index (κ2) is 3.44. The van der Waals surface area contributed by atoms with E-state index in [1.54, 1.807) is 4.90 Å². The molecule has 4 atom stereocenters. The van der Waals surface area contributed by atoms with E-state index < -0.39 is 11.6 Å². The molecule has 5 heteroatoms. The largest absolute Gasteiger partial charge is 0.388 e. The molecule has 4 unspecified atom stereocenters. The molecule has 5 nitrogen and oxygen atoms in total. The van der Waals surface area contributed by atoms with Crippen molar-refractivity contribution in [2.24, 2.45) is 11.7 Å². The van der Waals surface area contributed by atoms with Crippen molar-refractivity contribution in [2.45, 2.75) is 50.4 Å². The number of aliphatic hydroxyl groups is 1. The number of nitrogens with two attached hydrogens (primary N) is 1. The minimum atomic E-state index is -1.25. The first-order valence-corrected chi connectivity index (χ1v) is 5.56. The third kappa shape index (κ3) is 1.68. The van der Waals surface area contributed by atoms with E-state index in [0.717, 1.165) is 12.8 Å². The molecular weight excluding hydrogens is 206 g/mol. The molecule has 0 bridgehead atoms. The van der Waals surface area contributed by atoms with Gasteiger partial charge in [-0.2, -0.15) is 5.26 Å². The number of nitrogens with zero attached hydrogens (tertiary/aromatic N) is 2. The Kier molecular flexibility index (Phi) is 2.44. The lowest BCUT2D eigenvalue weighted by molar-refractivity contribution is -0.138. The van der Waals surface area contributed by atoms with Gasteiger partial charge in [0.15, 0.2) is 0 Å². The van der Waals surface area contributed by atoms with E-state index in [2.05, 4.69) is 6.07 Å². The van der Waals surface area contributed by atoms with E-state index in [4.69, 9.17) is 11.0 Å². The molecule has 0 spiro atoms. The Bertz CT molecular complexity index is 355. The van der Waals surface area contributed by atoms with Crippen molar-refractivity contribution in [3.63, 3.8) is 0 Å². The summed E-state index contributed by atoms with van der Waals surface area (Å²) in [6.45, 7) is 3.02. The van der Waals surface area contributed by atoms with Crippen molar-refractivity contribution in [1.29, 1.82) is 5.26 Å². The lowest BCUT2D eigenvalue weighted by Gasteiger charge is -2.31. The molecule has 2 rings (SSSR count). The normalized spacial score (nSPS) is 34.2. The molecule has 1 heterocycles. The summed E-state index contributed by atoms with van der Waals surface area (Å²) in [5.74, 6) is 0.173. The average Bonchev–Trinajstić information content (AvgIpc) is 2.86. The van der Waals surface area contributed by atoms with E-state index in [1.165, 1.54) is 13.8 Å². The SMILES string of the molecule is CC(C)(O)C(N)C(=O)N1C(C#N)CC2CC21. The van der Waals surface area contributed by atoms with Gasteiger partial charge >= 0.3 is 0 Å². The van der Waals surface area contributed by atoms with Crippen molar-refractivity contribution in [1.82, 2.24) is 4.90 Å². The summed E-state index contributed by atoms with van der Waals surface area (Å²) in [5, 5.41) is 18.7. The van der Waals surface area contributed by atoms with Crippen LogP contribution in [0.2, 0.25) is 0 Å². The molecule has 0 aromatic carbocycles. The van der Waals surface area contributed by atoms with Gasteiger partial charge in [0.25, 0.3) is 0 Å². The highest BCUT2D eigenvalue weighted by Gasteiger charge is 2.55. The van der Waals surface area contributed by atoms with Crippen LogP contribution in [0.3, 0.4) is 0 Å². The van der Waals surface area contributed by atoms with Crippen LogP contribution in [-0.2, 0) is 4.79 Å². The number of hydrogen-bond donors (Lipinski definition) is 2. The summed E-state index contributed by atoms with van der Waals surface area (Å²) in [6, 6.07) is 1.00. The number of carbonyl (C=O) groups excluding carboxylic acids is 1. The summed E-state index contributed by atoms with van der Waals surface area (Å²) in [6.07, 6.45) is 1.73. The first-order chi connectivity index (χ1) is 7.36. The zero-order valence-electron chi connectivity index (χ0n) is 9.55. The van der Waals surface area contributed by atoms with Crippen LogP contribution in [0.5, 0.6) is 0 Å². The van der Waals surface area contributed by atoms with Crippen LogP contribution < -0.4 is 5.73 Å². The van der Waals surface area contributed by atoms with Crippen LogP contribution in [0.4, 0.5) is 0 Å². The maximum Gasteiger partial charge on any atom is 0.243 e. The quantitative estimate of drug-likeness (QED) is 0.666. The number of likely N-dealkylation sites (tertiary alicyclic amines) is 1. The van der Waals surface area contributed by atoms with E-state index in [-0.39, 0.29) is 18.0 Å². The molecule has 0 radical (unpaired) electrons. The second-order valence-corrected chi connectivity index (χ2v) is 5.32. The molecule has 2 fully saturated rings. The maximum absolute atomic E-state index is 12.1. The van der Waals surface area contributed by atoms with Gasteiger partial charge in [-0.3, -0.25) is 4.79 Å². The number of rotatable bonds is 2. The number of nitriles is 1. The first-order valence-electron chi connectivity index (χ1n) is 5.56. The van der Waals surface area contributed by atoms with Crippen molar-refractivity contribution in [3.8, 4) is 6.07 Å². The lowest BCUT2D eigenvalue weighted by atomic mass is 9.98. The van der Waals surface area contributed by atoms with Crippen LogP contribution in [0.1, 0.15) is 26.7 Å². The van der Waals surface area contributed by atoms with Crippen molar-refractivity contribution < 1.29 is 9.90 Å². The fourth-order valence-electron chi connectivity index (χ4n) is 2.35. The average molecular weight is 223 g/mol. The van der Waals surface area contributed by atoms with Gasteiger partial charge in [0, 0.05) is 6.04 Å². The standard InChI is InChI=1S/C11H17N3O2/c1-11(2,16)9(13)10(15)14-7(5-12)3-6-4-8(6)14/h6-9,16H,3-4,13H2,1-2H3. The Morgan fingerprint density at radius 3 is 2.75 bits per heavy atom. The molecule has 1 aliphatic carbocycles. The predicted molar refractivity (Wildman–Crippen MR) is 57.0 cm³/mol. The van der Waals surface area contributed by atoms with Crippen molar-refractivity contribution in [3.05, 3.63) is 0 Å². The van der Waals surface area contributed by atoms with E-state index in [1.807, 2.05) is 0 Å². The molecule has 3 N–H and O–H groups in total. The summed E-state index contributed by atoms with van der Waals surface area (Å²) < 4.78 is 0. The molecule has 1 amide bonds. The monoisotopic (exact) mass is 223 g/mol. The molecule has 1 aliphatic heterocycles. The zero-order chi connectivity index (χ0) is 12.1. The topological polar surface area (TPSA) is 90.3 Å². The van der Waals surface area contributed by atoms with Crippen molar-refractivity contribution in [2.75, 3.05) is 0 Å². The highest BCUT2D eigenvalue weighted by atomic mass is 16.3. The highest BCUT2D eigenvalue weighted by molar-refractivity contribution is 5.84. The number of fused-ring (bicyclic) bond motifs is 1. The van der Waals surface area contributed by atoms with Crippen molar-refractivity contribution >= 4 is 5.91 Å². The first kappa shape index (κ1) is 11.4. The Hall–Kier alpha value is -1.12. The van der Waals surface area contributed by atoms with Gasteiger partial charge in [-0.1, -0.05) is 0 Å². The maximum atomic E-state index is 12.1. The number of hydrogen-bond acceptors (Lipinski definition) is 4. The van der Waals surface area contributed by atoms with Crippen LogP contribution >= 0.6 is 0 Å². The Balaban J connectivity index is 2.13. The smallest absolute Gasteiger partial charge is 0.243 e. The van der Waals surface area contributed by atoms with E-state index in [0.29, 0.717) is 5.92 Å². The molecule has 0 aromatic rings. The molecule has 16 heavy (non-hydrogen) atoms. The summed E-state index contributed by atoms with van der Waals surface area (Å²) in [5.41, 5.74) is 4.48. The third-order valence-corrected chi connectivity index (χ3v) is 3.54. The fourth-order valence-corrected chi connectivity index (χ4v) is 2.35. The Labute approximate surface area is 94.8 Å². The zero-order valence-corrected chi connectivity index (χ0v) is 9.55. The minimum absolute atomic E-state index is 0.186. The molecule has 1 saturated heterocycles. The molecular formula is C11H17N3O2. The number of carbonyl (C=O) groups is 1. The minimum Gasteiger partial charge on any atom is -0.388 e. The van der Waals surface area contributed by atoms with Gasteiger partial charge in [-0.25, -0.2) is 0 Å². The lowest BCUT2D eigenvalue weighted by Crippen LogP contribution is -2.56. The van der Waals surface area contributed by atoms with E-state index in [9.17, 15) is 9.90 Å². The molecule has 0 aromatic heterocycles. The predicted octanol–water partition coefficient (Wildman–Crippen LogP) is -0.402. The third-order valence-electron chi connectivity index (χ3n) is 3.54. The van der Waals surface area contributed by atoms with Gasteiger partial charge in [0.05, 0.1) is 11.7 Å². The van der Waals surface area contributed by atoms with E-state index >= 15 is 0 Å². The number of amides is 1.